The summed E-state index contributed by atoms with van der Waals surface area (Å²) in [5, 5.41) is 0.405. The van der Waals surface area contributed by atoms with Crippen molar-refractivity contribution in [2.75, 3.05) is 20.2 Å². The van der Waals surface area contributed by atoms with Crippen molar-refractivity contribution in [1.82, 2.24) is 4.90 Å². The first-order valence-electron chi connectivity index (χ1n) is 6.44. The number of benzene rings is 1. The molecule has 0 saturated carbocycles. The molecule has 0 aromatic heterocycles. The van der Waals surface area contributed by atoms with E-state index in [1.165, 1.54) is 6.07 Å². The van der Waals surface area contributed by atoms with Crippen molar-refractivity contribution in [2.24, 2.45) is 4.40 Å². The molecule has 108 valence electrons. The third kappa shape index (κ3) is 2.32. The van der Waals surface area contributed by atoms with Crippen molar-refractivity contribution < 1.29 is 13.2 Å². The molecule has 0 atom stereocenters. The smallest absolute Gasteiger partial charge is 0.285 e. The minimum atomic E-state index is -3.62. The molecule has 0 bridgehead atoms. The van der Waals surface area contributed by atoms with Crippen molar-refractivity contribution in [2.45, 2.75) is 23.8 Å². The molecule has 20 heavy (non-hydrogen) atoms. The number of piperidine rings is 1. The molecule has 1 saturated heterocycles. The second kappa shape index (κ2) is 5.02. The summed E-state index contributed by atoms with van der Waals surface area (Å²) in [4.78, 5) is 2.21. The molecular formula is C13H15ClN2O3S. The third-order valence-electron chi connectivity index (χ3n) is 3.74. The summed E-state index contributed by atoms with van der Waals surface area (Å²) < 4.78 is 33.4. The van der Waals surface area contributed by atoms with Crippen LogP contribution in [0.5, 0.6) is 0 Å². The molecule has 1 fully saturated rings. The number of ether oxygens (including phenoxy) is 1. The normalized spacial score (nSPS) is 21.7. The first kappa shape index (κ1) is 13.9. The standard InChI is InChI=1S/C13H15ClN2O3S/c1-19-10-4-6-16(7-5-10)13-11-3-2-9(14)8-12(11)20(17,18)15-13/h2-3,8,10H,4-7H2,1H3. The molecule has 7 heteroatoms. The first-order valence-corrected chi connectivity index (χ1v) is 8.26. The van der Waals surface area contributed by atoms with Gasteiger partial charge in [0.1, 0.15) is 4.90 Å². The lowest BCUT2D eigenvalue weighted by molar-refractivity contribution is 0.0580. The number of amidine groups is 1. The fourth-order valence-corrected chi connectivity index (χ4v) is 4.13. The van der Waals surface area contributed by atoms with Crippen LogP contribution in [0, 0.1) is 0 Å². The average Bonchev–Trinajstić information content (AvgIpc) is 2.71. The van der Waals surface area contributed by atoms with E-state index in [2.05, 4.69) is 4.40 Å². The predicted octanol–water partition coefficient (Wildman–Crippen LogP) is 1.90. The van der Waals surface area contributed by atoms with Gasteiger partial charge in [0.25, 0.3) is 10.0 Å². The molecule has 2 heterocycles. The molecule has 0 N–H and O–H groups in total. The van der Waals surface area contributed by atoms with Gasteiger partial charge in [-0.1, -0.05) is 11.6 Å². The fourth-order valence-electron chi connectivity index (χ4n) is 2.64. The SMILES string of the molecule is COC1CCN(C2=NS(=O)(=O)c3cc(Cl)ccc32)CC1. The molecule has 0 unspecified atom stereocenters. The average molecular weight is 315 g/mol. The van der Waals surface area contributed by atoms with E-state index in [9.17, 15) is 8.42 Å². The Morgan fingerprint density at radius 1 is 1.35 bits per heavy atom. The van der Waals surface area contributed by atoms with Gasteiger partial charge in [-0.05, 0) is 31.0 Å². The second-order valence-corrected chi connectivity index (χ2v) is 6.96. The highest BCUT2D eigenvalue weighted by molar-refractivity contribution is 7.90. The summed E-state index contributed by atoms with van der Waals surface area (Å²) in [5.74, 6) is 0.534. The predicted molar refractivity (Wildman–Crippen MR) is 76.8 cm³/mol. The van der Waals surface area contributed by atoms with E-state index < -0.39 is 10.0 Å². The minimum absolute atomic E-state index is 0.203. The lowest BCUT2D eigenvalue weighted by Gasteiger charge is -2.32. The zero-order valence-electron chi connectivity index (χ0n) is 11.0. The Morgan fingerprint density at radius 2 is 2.05 bits per heavy atom. The molecule has 2 aliphatic rings. The van der Waals surface area contributed by atoms with E-state index in [0.717, 1.165) is 25.9 Å². The van der Waals surface area contributed by atoms with Crippen LogP contribution in [0.3, 0.4) is 0 Å². The van der Waals surface area contributed by atoms with E-state index in [-0.39, 0.29) is 11.0 Å². The van der Waals surface area contributed by atoms with Gasteiger partial charge in [-0.25, -0.2) is 0 Å². The Labute approximate surface area is 123 Å². The van der Waals surface area contributed by atoms with Gasteiger partial charge in [0.15, 0.2) is 5.84 Å². The number of halogens is 1. The molecule has 0 spiro atoms. The number of methoxy groups -OCH3 is 1. The molecule has 1 aromatic carbocycles. The van der Waals surface area contributed by atoms with Crippen LogP contribution < -0.4 is 0 Å². The highest BCUT2D eigenvalue weighted by Crippen LogP contribution is 2.31. The monoisotopic (exact) mass is 314 g/mol. The van der Waals surface area contributed by atoms with Crippen LogP contribution in [0.25, 0.3) is 0 Å². The van der Waals surface area contributed by atoms with Gasteiger partial charge in [0, 0.05) is 30.8 Å². The highest BCUT2D eigenvalue weighted by Gasteiger charge is 2.33. The highest BCUT2D eigenvalue weighted by atomic mass is 35.5. The summed E-state index contributed by atoms with van der Waals surface area (Å²) in [6.45, 7) is 1.49. The van der Waals surface area contributed by atoms with Gasteiger partial charge in [-0.2, -0.15) is 8.42 Å². The summed E-state index contributed by atoms with van der Waals surface area (Å²) in [7, 11) is -1.91. The lowest BCUT2D eigenvalue weighted by Crippen LogP contribution is -2.40. The van der Waals surface area contributed by atoms with Crippen LogP contribution in [0.15, 0.2) is 27.5 Å². The number of rotatable bonds is 1. The second-order valence-electron chi connectivity index (χ2n) is 4.95. The van der Waals surface area contributed by atoms with E-state index in [4.69, 9.17) is 16.3 Å². The van der Waals surface area contributed by atoms with Crippen molar-refractivity contribution in [3.8, 4) is 0 Å². The van der Waals surface area contributed by atoms with Crippen LogP contribution in [0.1, 0.15) is 18.4 Å². The third-order valence-corrected chi connectivity index (χ3v) is 5.29. The van der Waals surface area contributed by atoms with Crippen LogP contribution in [0.4, 0.5) is 0 Å². The summed E-state index contributed by atoms with van der Waals surface area (Å²) in [5.41, 5.74) is 0.644. The zero-order valence-corrected chi connectivity index (χ0v) is 12.6. The van der Waals surface area contributed by atoms with Crippen LogP contribution >= 0.6 is 11.6 Å². The van der Waals surface area contributed by atoms with E-state index in [1.807, 2.05) is 4.90 Å². The van der Waals surface area contributed by atoms with Gasteiger partial charge in [0.2, 0.25) is 0 Å². The molecule has 3 rings (SSSR count). The van der Waals surface area contributed by atoms with Gasteiger partial charge in [0.05, 0.1) is 6.10 Å². The largest absolute Gasteiger partial charge is 0.381 e. The van der Waals surface area contributed by atoms with Crippen LogP contribution in [-0.4, -0.2) is 45.5 Å². The van der Waals surface area contributed by atoms with Crippen LogP contribution in [-0.2, 0) is 14.8 Å². The van der Waals surface area contributed by atoms with Crippen molar-refractivity contribution in [3.63, 3.8) is 0 Å². The maximum Gasteiger partial charge on any atom is 0.285 e. The van der Waals surface area contributed by atoms with Gasteiger partial charge < -0.3 is 9.64 Å². The zero-order chi connectivity index (χ0) is 14.3. The number of nitrogens with zero attached hydrogens (tertiary/aromatic N) is 2. The maximum atomic E-state index is 12.1. The summed E-state index contributed by atoms with van der Waals surface area (Å²) in [6, 6.07) is 4.88. The molecule has 0 radical (unpaired) electrons. The first-order chi connectivity index (χ1) is 9.51. The van der Waals surface area contributed by atoms with Gasteiger partial charge in [-0.15, -0.1) is 4.40 Å². The number of fused-ring (bicyclic) bond motifs is 1. The summed E-state index contributed by atoms with van der Waals surface area (Å²) >= 11 is 5.88. The maximum absolute atomic E-state index is 12.1. The Balaban J connectivity index is 1.93. The fraction of sp³-hybridized carbons (Fsp3) is 0.462. The Hall–Kier alpha value is -1.11. The molecule has 5 nitrogen and oxygen atoms in total. The van der Waals surface area contributed by atoms with Crippen LogP contribution in [0.2, 0.25) is 5.02 Å². The quantitative estimate of drug-likeness (QED) is 0.794. The number of likely N-dealkylation sites (tertiary alicyclic amines) is 1. The van der Waals surface area contributed by atoms with Crippen molar-refractivity contribution >= 4 is 27.5 Å². The van der Waals surface area contributed by atoms with E-state index in [1.54, 1.807) is 19.2 Å². The van der Waals surface area contributed by atoms with Gasteiger partial charge >= 0.3 is 0 Å². The van der Waals surface area contributed by atoms with Crippen molar-refractivity contribution in [1.29, 1.82) is 0 Å². The van der Waals surface area contributed by atoms with E-state index >= 15 is 0 Å². The molecule has 0 aliphatic carbocycles. The van der Waals surface area contributed by atoms with Gasteiger partial charge in [-0.3, -0.25) is 0 Å². The molecular weight excluding hydrogens is 300 g/mol. The minimum Gasteiger partial charge on any atom is -0.381 e. The number of hydrogen-bond acceptors (Lipinski definition) is 4. The Kier molecular flexibility index (Phi) is 3.48. The lowest BCUT2D eigenvalue weighted by atomic mass is 10.1. The number of sulfonamides is 1. The topological polar surface area (TPSA) is 59.0 Å². The van der Waals surface area contributed by atoms with Crippen molar-refractivity contribution in [3.05, 3.63) is 28.8 Å². The Morgan fingerprint density at radius 3 is 2.70 bits per heavy atom. The van der Waals surface area contributed by atoms with E-state index in [0.29, 0.717) is 16.4 Å². The molecule has 1 aromatic rings. The number of hydrogen-bond donors (Lipinski definition) is 0. The molecule has 2 aliphatic heterocycles. The Bertz CT molecular complexity index is 664. The molecule has 0 amide bonds. The summed E-state index contributed by atoms with van der Waals surface area (Å²) in [6.07, 6.45) is 1.99.